The van der Waals surface area contributed by atoms with Gasteiger partial charge in [0.25, 0.3) is 0 Å². The molecule has 2 rings (SSSR count). The molecule has 2 nitrogen and oxygen atoms in total. The van der Waals surface area contributed by atoms with Crippen LogP contribution in [-0.2, 0) is 0 Å². The fourth-order valence-electron chi connectivity index (χ4n) is 1.40. The van der Waals surface area contributed by atoms with Gasteiger partial charge in [0.05, 0.1) is 21.2 Å². The first-order valence-corrected chi connectivity index (χ1v) is 4.85. The highest BCUT2D eigenvalue weighted by Crippen LogP contribution is 2.33. The van der Waals surface area contributed by atoms with E-state index in [-0.39, 0.29) is 0 Å². The Bertz CT molecular complexity index is 509. The van der Waals surface area contributed by atoms with Gasteiger partial charge in [0, 0.05) is 11.6 Å². The first-order valence-electron chi connectivity index (χ1n) is 4.10. The number of hydrogen-bond acceptors (Lipinski definition) is 2. The van der Waals surface area contributed by atoms with E-state index in [1.807, 2.05) is 13.0 Å². The molecule has 0 aliphatic rings. The third kappa shape index (κ3) is 1.31. The average Bonchev–Trinajstić information content (AvgIpc) is 2.16. The number of aromatic nitrogens is 1. The molecule has 1 heterocycles. The van der Waals surface area contributed by atoms with Crippen molar-refractivity contribution in [2.45, 2.75) is 6.92 Å². The van der Waals surface area contributed by atoms with Gasteiger partial charge in [0.1, 0.15) is 0 Å². The van der Waals surface area contributed by atoms with Crippen molar-refractivity contribution in [2.75, 3.05) is 5.73 Å². The standard InChI is InChI=1S/C10H8Cl2N2/c1-5-2-3-6(11)8-9(13)7(12)4-14-10(5)8/h2-4H,1H3,(H2,13,14). The van der Waals surface area contributed by atoms with Crippen molar-refractivity contribution in [2.24, 2.45) is 0 Å². The predicted molar refractivity (Wildman–Crippen MR) is 60.9 cm³/mol. The summed E-state index contributed by atoms with van der Waals surface area (Å²) in [6, 6.07) is 3.71. The molecular weight excluding hydrogens is 219 g/mol. The molecule has 0 spiro atoms. The minimum atomic E-state index is 0.435. The third-order valence-corrected chi connectivity index (χ3v) is 2.78. The highest BCUT2D eigenvalue weighted by Gasteiger charge is 2.09. The smallest absolute Gasteiger partial charge is 0.0825 e. The number of fused-ring (bicyclic) bond motifs is 1. The summed E-state index contributed by atoms with van der Waals surface area (Å²) in [5.74, 6) is 0. The Morgan fingerprint density at radius 3 is 2.64 bits per heavy atom. The molecule has 0 aliphatic heterocycles. The summed E-state index contributed by atoms with van der Waals surface area (Å²) in [6.07, 6.45) is 1.54. The van der Waals surface area contributed by atoms with Crippen LogP contribution in [-0.4, -0.2) is 4.98 Å². The first-order chi connectivity index (χ1) is 6.61. The summed E-state index contributed by atoms with van der Waals surface area (Å²) in [7, 11) is 0. The van der Waals surface area contributed by atoms with Crippen molar-refractivity contribution in [3.05, 3.63) is 33.9 Å². The quantitative estimate of drug-likeness (QED) is 0.748. The molecule has 0 fully saturated rings. The number of hydrogen-bond donors (Lipinski definition) is 1. The van der Waals surface area contributed by atoms with Crippen LogP contribution in [0.1, 0.15) is 5.56 Å². The maximum absolute atomic E-state index is 6.03. The number of nitrogens with two attached hydrogens (primary N) is 1. The zero-order valence-corrected chi connectivity index (χ0v) is 9.02. The largest absolute Gasteiger partial charge is 0.397 e. The third-order valence-electron chi connectivity index (χ3n) is 2.16. The van der Waals surface area contributed by atoms with Crippen LogP contribution in [0, 0.1) is 6.92 Å². The second kappa shape index (κ2) is 3.30. The Balaban J connectivity index is 3.01. The Labute approximate surface area is 91.6 Å². The minimum absolute atomic E-state index is 0.435. The molecule has 0 amide bonds. The molecule has 0 atom stereocenters. The van der Waals surface area contributed by atoms with Gasteiger partial charge in [-0.1, -0.05) is 29.3 Å². The highest BCUT2D eigenvalue weighted by molar-refractivity contribution is 6.39. The van der Waals surface area contributed by atoms with Crippen molar-refractivity contribution < 1.29 is 0 Å². The second-order valence-electron chi connectivity index (χ2n) is 3.11. The zero-order chi connectivity index (χ0) is 10.3. The average molecular weight is 227 g/mol. The molecule has 1 aromatic carbocycles. The maximum Gasteiger partial charge on any atom is 0.0825 e. The normalized spacial score (nSPS) is 10.8. The number of benzene rings is 1. The summed E-state index contributed by atoms with van der Waals surface area (Å²) < 4.78 is 0. The summed E-state index contributed by atoms with van der Waals surface area (Å²) in [6.45, 7) is 1.96. The summed E-state index contributed by atoms with van der Waals surface area (Å²) >= 11 is 11.9. The predicted octanol–water partition coefficient (Wildman–Crippen LogP) is 3.43. The number of pyridine rings is 1. The van der Waals surface area contributed by atoms with E-state index in [1.165, 1.54) is 0 Å². The number of anilines is 1. The maximum atomic E-state index is 6.03. The Hall–Kier alpha value is -0.990. The fraction of sp³-hybridized carbons (Fsp3) is 0.100. The molecule has 14 heavy (non-hydrogen) atoms. The minimum Gasteiger partial charge on any atom is -0.397 e. The lowest BCUT2D eigenvalue weighted by Gasteiger charge is -2.07. The Morgan fingerprint density at radius 1 is 1.21 bits per heavy atom. The lowest BCUT2D eigenvalue weighted by atomic mass is 10.1. The highest BCUT2D eigenvalue weighted by atomic mass is 35.5. The number of nitrogens with zero attached hydrogens (tertiary/aromatic N) is 1. The van der Waals surface area contributed by atoms with Gasteiger partial charge in [-0.25, -0.2) is 0 Å². The monoisotopic (exact) mass is 226 g/mol. The van der Waals surface area contributed by atoms with Crippen LogP contribution in [0.25, 0.3) is 10.9 Å². The lowest BCUT2D eigenvalue weighted by molar-refractivity contribution is 1.37. The topological polar surface area (TPSA) is 38.9 Å². The van der Waals surface area contributed by atoms with E-state index in [4.69, 9.17) is 28.9 Å². The van der Waals surface area contributed by atoms with E-state index < -0.39 is 0 Å². The van der Waals surface area contributed by atoms with E-state index in [9.17, 15) is 0 Å². The van der Waals surface area contributed by atoms with E-state index in [1.54, 1.807) is 12.3 Å². The van der Waals surface area contributed by atoms with Gasteiger partial charge >= 0.3 is 0 Å². The van der Waals surface area contributed by atoms with E-state index >= 15 is 0 Å². The van der Waals surface area contributed by atoms with Gasteiger partial charge in [0.15, 0.2) is 0 Å². The van der Waals surface area contributed by atoms with Crippen LogP contribution < -0.4 is 5.73 Å². The van der Waals surface area contributed by atoms with Gasteiger partial charge in [0.2, 0.25) is 0 Å². The molecule has 0 saturated heterocycles. The van der Waals surface area contributed by atoms with Gasteiger partial charge in [-0.3, -0.25) is 4.98 Å². The summed E-state index contributed by atoms with van der Waals surface area (Å²) in [5, 5.41) is 1.75. The number of nitrogen functional groups attached to an aromatic ring is 1. The van der Waals surface area contributed by atoms with Gasteiger partial charge in [-0.2, -0.15) is 0 Å². The molecule has 0 saturated carbocycles. The fourth-order valence-corrected chi connectivity index (χ4v) is 1.80. The number of halogens is 2. The van der Waals surface area contributed by atoms with Crippen molar-refractivity contribution in [1.82, 2.24) is 4.98 Å². The molecule has 4 heteroatoms. The van der Waals surface area contributed by atoms with Crippen LogP contribution in [0.3, 0.4) is 0 Å². The molecule has 72 valence electrons. The second-order valence-corrected chi connectivity index (χ2v) is 3.92. The van der Waals surface area contributed by atoms with Gasteiger partial charge in [-0.15, -0.1) is 0 Å². The molecule has 2 N–H and O–H groups in total. The summed E-state index contributed by atoms with van der Waals surface area (Å²) in [5.41, 5.74) is 8.16. The van der Waals surface area contributed by atoms with Gasteiger partial charge in [-0.05, 0) is 18.6 Å². The van der Waals surface area contributed by atoms with E-state index in [0.29, 0.717) is 15.7 Å². The molecule has 0 unspecified atom stereocenters. The van der Waals surface area contributed by atoms with Crippen LogP contribution >= 0.6 is 23.2 Å². The van der Waals surface area contributed by atoms with Crippen LogP contribution in [0.5, 0.6) is 0 Å². The van der Waals surface area contributed by atoms with Crippen LogP contribution in [0.15, 0.2) is 18.3 Å². The molecule has 0 radical (unpaired) electrons. The summed E-state index contributed by atoms with van der Waals surface area (Å²) in [4.78, 5) is 4.21. The molecule has 1 aromatic heterocycles. The molecule has 0 aliphatic carbocycles. The van der Waals surface area contributed by atoms with Crippen LogP contribution in [0.4, 0.5) is 5.69 Å². The Kier molecular flexibility index (Phi) is 2.25. The lowest BCUT2D eigenvalue weighted by Crippen LogP contribution is -1.93. The van der Waals surface area contributed by atoms with Crippen molar-refractivity contribution >= 4 is 39.8 Å². The first kappa shape index (κ1) is 9.56. The Morgan fingerprint density at radius 2 is 1.93 bits per heavy atom. The van der Waals surface area contributed by atoms with E-state index in [0.717, 1.165) is 16.5 Å². The van der Waals surface area contributed by atoms with E-state index in [2.05, 4.69) is 4.98 Å². The number of rotatable bonds is 0. The van der Waals surface area contributed by atoms with Crippen molar-refractivity contribution in [3.63, 3.8) is 0 Å². The zero-order valence-electron chi connectivity index (χ0n) is 7.51. The molecule has 2 aromatic rings. The van der Waals surface area contributed by atoms with Gasteiger partial charge < -0.3 is 5.73 Å². The SMILES string of the molecule is Cc1ccc(Cl)c2c(N)c(Cl)cnc12. The van der Waals surface area contributed by atoms with Crippen molar-refractivity contribution in [1.29, 1.82) is 0 Å². The van der Waals surface area contributed by atoms with Crippen molar-refractivity contribution in [3.8, 4) is 0 Å². The molecular formula is C10H8Cl2N2. The molecule has 0 bridgehead atoms. The van der Waals surface area contributed by atoms with Crippen LogP contribution in [0.2, 0.25) is 10.0 Å². The number of aryl methyl sites for hydroxylation is 1.